The summed E-state index contributed by atoms with van der Waals surface area (Å²) in [6.07, 6.45) is 1.54. The van der Waals surface area contributed by atoms with Crippen LogP contribution in [0.1, 0.15) is 47.5 Å². The minimum absolute atomic E-state index is 0.0983. The van der Waals surface area contributed by atoms with Gasteiger partial charge in [0.1, 0.15) is 5.54 Å². The third-order valence-electron chi connectivity index (χ3n) is 3.36. The summed E-state index contributed by atoms with van der Waals surface area (Å²) in [5.74, 6) is -3.31. The number of carbonyl (C=O) groups excluding carboxylic acids is 1. The lowest BCUT2D eigenvalue weighted by molar-refractivity contribution is -0.139. The molecule has 0 aromatic carbocycles. The van der Waals surface area contributed by atoms with Crippen LogP contribution in [0.4, 0.5) is 8.78 Å². The molecule has 0 aromatic heterocycles. The summed E-state index contributed by atoms with van der Waals surface area (Å²) in [5.41, 5.74) is -2.04. The van der Waals surface area contributed by atoms with Crippen LogP contribution in [-0.2, 0) is 4.79 Å². The Bertz CT molecular complexity index is 286. The highest BCUT2D eigenvalue weighted by Gasteiger charge is 2.56. The highest BCUT2D eigenvalue weighted by Crippen LogP contribution is 2.47. The van der Waals surface area contributed by atoms with Crippen molar-refractivity contribution in [2.75, 3.05) is 0 Å². The van der Waals surface area contributed by atoms with Gasteiger partial charge in [0, 0.05) is 12.3 Å². The zero-order valence-electron chi connectivity index (χ0n) is 10.7. The van der Waals surface area contributed by atoms with Crippen molar-refractivity contribution in [3.05, 3.63) is 0 Å². The largest absolute Gasteiger partial charge is 0.344 e. The maximum Gasteiger partial charge on any atom is 0.267 e. The Morgan fingerprint density at radius 1 is 1.12 bits per heavy atom. The molecule has 16 heavy (non-hydrogen) atoms. The van der Waals surface area contributed by atoms with Crippen molar-refractivity contribution >= 4 is 5.91 Å². The Balaban J connectivity index is 2.85. The Labute approximate surface area is 95.8 Å². The summed E-state index contributed by atoms with van der Waals surface area (Å²) >= 11 is 0. The van der Waals surface area contributed by atoms with E-state index in [1.807, 2.05) is 0 Å². The van der Waals surface area contributed by atoms with Crippen LogP contribution in [0.5, 0.6) is 0 Å². The van der Waals surface area contributed by atoms with Gasteiger partial charge in [-0.05, 0) is 25.7 Å². The van der Waals surface area contributed by atoms with E-state index in [0.29, 0.717) is 0 Å². The molecule has 1 aliphatic carbocycles. The quantitative estimate of drug-likeness (QED) is 0.797. The molecule has 1 fully saturated rings. The Hall–Kier alpha value is -0.670. The maximum atomic E-state index is 13.6. The average molecular weight is 233 g/mol. The number of alkyl halides is 2. The van der Waals surface area contributed by atoms with Crippen molar-refractivity contribution in [3.8, 4) is 0 Å². The van der Waals surface area contributed by atoms with E-state index in [-0.39, 0.29) is 11.8 Å². The molecule has 4 heteroatoms. The van der Waals surface area contributed by atoms with Gasteiger partial charge in [0.15, 0.2) is 0 Å². The van der Waals surface area contributed by atoms with E-state index in [0.717, 1.165) is 19.8 Å². The second-order valence-corrected chi connectivity index (χ2v) is 6.07. The molecule has 1 aliphatic rings. The van der Waals surface area contributed by atoms with Crippen molar-refractivity contribution in [3.63, 3.8) is 0 Å². The topological polar surface area (TPSA) is 29.1 Å². The van der Waals surface area contributed by atoms with Gasteiger partial charge in [0.25, 0.3) is 5.92 Å². The van der Waals surface area contributed by atoms with Gasteiger partial charge in [0.05, 0.1) is 0 Å². The van der Waals surface area contributed by atoms with E-state index in [4.69, 9.17) is 0 Å². The summed E-state index contributed by atoms with van der Waals surface area (Å²) in [6, 6.07) is 0. The molecule has 1 atom stereocenters. The van der Waals surface area contributed by atoms with Gasteiger partial charge >= 0.3 is 0 Å². The first kappa shape index (κ1) is 13.4. The van der Waals surface area contributed by atoms with Crippen LogP contribution in [-0.4, -0.2) is 17.4 Å². The molecule has 0 saturated heterocycles. The van der Waals surface area contributed by atoms with E-state index in [1.165, 1.54) is 6.92 Å². The Kier molecular flexibility index (Phi) is 3.07. The van der Waals surface area contributed by atoms with Crippen molar-refractivity contribution < 1.29 is 13.6 Å². The molecular weight excluding hydrogens is 212 g/mol. The van der Waals surface area contributed by atoms with Gasteiger partial charge in [0.2, 0.25) is 5.91 Å². The van der Waals surface area contributed by atoms with Gasteiger partial charge < -0.3 is 5.32 Å². The fourth-order valence-corrected chi connectivity index (χ4v) is 1.65. The van der Waals surface area contributed by atoms with Gasteiger partial charge in [-0.2, -0.15) is 0 Å². The number of carbonyl (C=O) groups is 1. The third kappa shape index (κ3) is 2.53. The molecule has 94 valence electrons. The number of hydrogen-bond donors (Lipinski definition) is 1. The first-order valence-corrected chi connectivity index (χ1v) is 5.69. The molecule has 0 radical (unpaired) electrons. The fourth-order valence-electron chi connectivity index (χ4n) is 1.65. The summed E-state index contributed by atoms with van der Waals surface area (Å²) in [7, 11) is 0. The van der Waals surface area contributed by atoms with Crippen LogP contribution in [0, 0.1) is 11.3 Å². The van der Waals surface area contributed by atoms with Gasteiger partial charge in [-0.1, -0.05) is 20.8 Å². The number of rotatable bonds is 3. The molecule has 2 nitrogen and oxygen atoms in total. The normalized spacial score (nSPS) is 21.4. The number of hydrogen-bond acceptors (Lipinski definition) is 1. The standard InChI is InChI=1S/C12H21F2NO/c1-10(2,3)9(16)15-11(4,8-6-7-8)12(5,13)14/h8H,6-7H2,1-5H3,(H,15,16). The zero-order chi connectivity index (χ0) is 12.8. The number of halogens is 2. The monoisotopic (exact) mass is 233 g/mol. The van der Waals surface area contributed by atoms with Crippen molar-refractivity contribution in [1.82, 2.24) is 5.32 Å². The lowest BCUT2D eigenvalue weighted by Gasteiger charge is -2.38. The lowest BCUT2D eigenvalue weighted by Crippen LogP contribution is -2.60. The van der Waals surface area contributed by atoms with Crippen LogP contribution in [0.25, 0.3) is 0 Å². The van der Waals surface area contributed by atoms with Crippen LogP contribution < -0.4 is 5.32 Å². The lowest BCUT2D eigenvalue weighted by atomic mass is 9.86. The van der Waals surface area contributed by atoms with E-state index < -0.39 is 16.9 Å². The molecule has 1 unspecified atom stereocenters. The molecule has 0 heterocycles. The summed E-state index contributed by atoms with van der Waals surface area (Å²) in [4.78, 5) is 11.8. The second kappa shape index (κ2) is 3.67. The highest BCUT2D eigenvalue weighted by atomic mass is 19.3. The molecule has 0 aromatic rings. The Morgan fingerprint density at radius 2 is 1.56 bits per heavy atom. The van der Waals surface area contributed by atoms with Crippen molar-refractivity contribution in [1.29, 1.82) is 0 Å². The van der Waals surface area contributed by atoms with Crippen LogP contribution in [0.2, 0.25) is 0 Å². The summed E-state index contributed by atoms with van der Waals surface area (Å²) in [5, 5.41) is 2.55. The van der Waals surface area contributed by atoms with Crippen molar-refractivity contribution in [2.45, 2.75) is 58.9 Å². The average Bonchev–Trinajstić information content (AvgIpc) is 2.81. The SMILES string of the molecule is CC(C)(C)C(=O)NC(C)(C1CC1)C(C)(F)F. The second-order valence-electron chi connectivity index (χ2n) is 6.07. The molecule has 0 spiro atoms. The van der Waals surface area contributed by atoms with E-state index in [1.54, 1.807) is 20.8 Å². The first-order valence-electron chi connectivity index (χ1n) is 5.69. The van der Waals surface area contributed by atoms with E-state index in [9.17, 15) is 13.6 Å². The molecular formula is C12H21F2NO. The van der Waals surface area contributed by atoms with Crippen LogP contribution >= 0.6 is 0 Å². The maximum absolute atomic E-state index is 13.6. The smallest absolute Gasteiger partial charge is 0.267 e. The molecule has 1 rings (SSSR count). The first-order chi connectivity index (χ1) is 6.98. The molecule has 0 aliphatic heterocycles. The van der Waals surface area contributed by atoms with Gasteiger partial charge in [-0.25, -0.2) is 8.78 Å². The minimum Gasteiger partial charge on any atom is -0.344 e. The number of amides is 1. The minimum atomic E-state index is -2.89. The predicted molar refractivity (Wildman–Crippen MR) is 59.3 cm³/mol. The highest BCUT2D eigenvalue weighted by molar-refractivity contribution is 5.82. The molecule has 1 saturated carbocycles. The zero-order valence-corrected chi connectivity index (χ0v) is 10.7. The predicted octanol–water partition coefficient (Wildman–Crippen LogP) is 2.97. The molecule has 1 N–H and O–H groups in total. The number of nitrogens with one attached hydrogen (secondary N) is 1. The fraction of sp³-hybridized carbons (Fsp3) is 0.917. The van der Waals surface area contributed by atoms with Gasteiger partial charge in [-0.3, -0.25) is 4.79 Å². The molecule has 0 bridgehead atoms. The van der Waals surface area contributed by atoms with Crippen LogP contribution in [0.3, 0.4) is 0 Å². The van der Waals surface area contributed by atoms with Crippen molar-refractivity contribution in [2.24, 2.45) is 11.3 Å². The summed E-state index contributed by atoms with van der Waals surface area (Å²) < 4.78 is 27.2. The van der Waals surface area contributed by atoms with E-state index >= 15 is 0 Å². The Morgan fingerprint density at radius 3 is 1.81 bits per heavy atom. The van der Waals surface area contributed by atoms with E-state index in [2.05, 4.69) is 5.32 Å². The van der Waals surface area contributed by atoms with Gasteiger partial charge in [-0.15, -0.1) is 0 Å². The molecule has 1 amide bonds. The third-order valence-corrected chi connectivity index (χ3v) is 3.36. The summed E-state index contributed by atoms with van der Waals surface area (Å²) in [6.45, 7) is 7.51. The van der Waals surface area contributed by atoms with Crippen LogP contribution in [0.15, 0.2) is 0 Å².